The lowest BCUT2D eigenvalue weighted by Gasteiger charge is -2.38. The molecule has 0 radical (unpaired) electrons. The van der Waals surface area contributed by atoms with Crippen molar-refractivity contribution >= 4 is 11.2 Å². The van der Waals surface area contributed by atoms with Crippen molar-refractivity contribution in [2.75, 3.05) is 55.2 Å². The van der Waals surface area contributed by atoms with Crippen LogP contribution in [-0.4, -0.2) is 70.9 Å². The van der Waals surface area contributed by atoms with Crippen LogP contribution in [0.1, 0.15) is 24.8 Å². The molecule has 1 saturated heterocycles. The molecule has 3 aromatic rings. The summed E-state index contributed by atoms with van der Waals surface area (Å²) in [7, 11) is 9.06. The van der Waals surface area contributed by atoms with Crippen LogP contribution in [-0.2, 0) is 16.1 Å². The van der Waals surface area contributed by atoms with Crippen molar-refractivity contribution in [2.45, 2.75) is 31.9 Å². The molecule has 3 heterocycles. The topological polar surface area (TPSA) is 63.5 Å². The van der Waals surface area contributed by atoms with E-state index in [2.05, 4.69) is 19.2 Å². The number of hydrogen-bond acceptors (Lipinski definition) is 6. The van der Waals surface area contributed by atoms with Crippen molar-refractivity contribution in [3.05, 3.63) is 35.9 Å². The van der Waals surface area contributed by atoms with Gasteiger partial charge in [-0.1, -0.05) is 6.07 Å². The second kappa shape index (κ2) is 9.68. The van der Waals surface area contributed by atoms with Gasteiger partial charge in [0.2, 0.25) is 5.69 Å². The number of benzene rings is 1. The van der Waals surface area contributed by atoms with Crippen LogP contribution in [0.15, 0.2) is 30.3 Å². The summed E-state index contributed by atoms with van der Waals surface area (Å²) >= 11 is 0. The molecule has 0 bridgehead atoms. The van der Waals surface area contributed by atoms with Crippen LogP contribution in [0.2, 0.25) is 0 Å². The van der Waals surface area contributed by atoms with Gasteiger partial charge in [0.25, 0.3) is 5.88 Å². The van der Waals surface area contributed by atoms with Crippen LogP contribution in [0.25, 0.3) is 16.8 Å². The summed E-state index contributed by atoms with van der Waals surface area (Å²) in [6.45, 7) is 3.09. The van der Waals surface area contributed by atoms with Gasteiger partial charge in [-0.2, -0.15) is 0 Å². The molecule has 2 fully saturated rings. The first-order valence-corrected chi connectivity index (χ1v) is 12.3. The fourth-order valence-corrected chi connectivity index (χ4v) is 5.54. The van der Waals surface area contributed by atoms with Crippen LogP contribution in [0, 0.1) is 5.92 Å². The van der Waals surface area contributed by atoms with Crippen molar-refractivity contribution in [1.82, 2.24) is 14.1 Å². The summed E-state index contributed by atoms with van der Waals surface area (Å²) in [6, 6.07) is 10.6. The van der Waals surface area contributed by atoms with Gasteiger partial charge in [0, 0.05) is 19.4 Å². The number of fused-ring (bicyclic) bond motifs is 1. The molecule has 0 N–H and O–H groups in total. The molecule has 35 heavy (non-hydrogen) atoms. The maximum absolute atomic E-state index is 5.93. The van der Waals surface area contributed by atoms with E-state index < -0.39 is 0 Å². The van der Waals surface area contributed by atoms with E-state index in [0.717, 1.165) is 64.6 Å². The van der Waals surface area contributed by atoms with Gasteiger partial charge in [-0.25, -0.2) is 4.52 Å². The van der Waals surface area contributed by atoms with Gasteiger partial charge < -0.3 is 23.7 Å². The lowest BCUT2D eigenvalue weighted by molar-refractivity contribution is 0.157. The van der Waals surface area contributed by atoms with E-state index in [9.17, 15) is 0 Å². The normalized spacial score (nSPS) is 19.6. The first-order chi connectivity index (χ1) is 17.0. The average Bonchev–Trinajstić information content (AvgIpc) is 3.35. The van der Waals surface area contributed by atoms with Gasteiger partial charge in [-0.05, 0) is 42.7 Å². The van der Waals surface area contributed by atoms with Gasteiger partial charge in [0.05, 0.1) is 66.0 Å². The first kappa shape index (κ1) is 23.9. The smallest absolute Gasteiger partial charge is 0.296 e. The predicted molar refractivity (Wildman–Crippen MR) is 136 cm³/mol. The minimum Gasteiger partial charge on any atom is -0.496 e. The highest BCUT2D eigenvalue weighted by atomic mass is 16.5. The number of methoxy groups -OCH3 is 4. The van der Waals surface area contributed by atoms with E-state index in [4.69, 9.17) is 28.8 Å². The Kier molecular flexibility index (Phi) is 6.61. The van der Waals surface area contributed by atoms with Crippen molar-refractivity contribution in [3.63, 3.8) is 0 Å². The molecule has 188 valence electrons. The molecular formula is C27H36N3O5+. The van der Waals surface area contributed by atoms with Crippen molar-refractivity contribution in [2.24, 2.45) is 5.92 Å². The van der Waals surface area contributed by atoms with Crippen LogP contribution in [0.4, 0.5) is 5.69 Å². The van der Waals surface area contributed by atoms with E-state index in [0.29, 0.717) is 30.0 Å². The summed E-state index contributed by atoms with van der Waals surface area (Å²) in [5.74, 6) is 2.80. The van der Waals surface area contributed by atoms with E-state index in [-0.39, 0.29) is 0 Å². The third kappa shape index (κ3) is 4.24. The van der Waals surface area contributed by atoms with E-state index >= 15 is 0 Å². The molecule has 5 rings (SSSR count). The highest BCUT2D eigenvalue weighted by molar-refractivity contribution is 5.83. The standard InChI is InChI=1S/C27H36N3O5/c1-30(15-18-9-10-18,20-11-12-35-17-20)26-22-8-6-7-21(29(22)28-27(26)34-5)25-23(32-3)13-19(16-31-2)14-24(25)33-4/h6-8,13-14,18,20H,9-12,15-17H2,1-5H3/q+1. The van der Waals surface area contributed by atoms with Gasteiger partial charge in [-0.15, -0.1) is 5.10 Å². The summed E-state index contributed by atoms with van der Waals surface area (Å²) in [4.78, 5) is 0. The van der Waals surface area contributed by atoms with Crippen LogP contribution in [0.5, 0.6) is 17.4 Å². The second-order valence-electron chi connectivity index (χ2n) is 9.79. The Morgan fingerprint density at radius 2 is 1.77 bits per heavy atom. The fraction of sp³-hybridized carbons (Fsp3) is 0.519. The molecule has 1 aromatic carbocycles. The Hall–Kier alpha value is -2.81. The summed E-state index contributed by atoms with van der Waals surface area (Å²) in [5.41, 5.74) is 4.85. The van der Waals surface area contributed by atoms with Crippen molar-refractivity contribution < 1.29 is 23.7 Å². The zero-order valence-electron chi connectivity index (χ0n) is 21.4. The average molecular weight is 483 g/mol. The molecule has 8 nitrogen and oxygen atoms in total. The molecule has 1 aliphatic heterocycles. The number of ether oxygens (including phenoxy) is 5. The summed E-state index contributed by atoms with van der Waals surface area (Å²) < 4.78 is 31.5. The molecule has 0 amide bonds. The Morgan fingerprint density at radius 3 is 2.34 bits per heavy atom. The Morgan fingerprint density at radius 1 is 1.03 bits per heavy atom. The van der Waals surface area contributed by atoms with Crippen molar-refractivity contribution in [1.29, 1.82) is 0 Å². The van der Waals surface area contributed by atoms with Gasteiger partial charge in [-0.3, -0.25) is 4.48 Å². The molecule has 2 unspecified atom stereocenters. The minimum absolute atomic E-state index is 0.374. The second-order valence-corrected chi connectivity index (χ2v) is 9.79. The monoisotopic (exact) mass is 482 g/mol. The third-order valence-electron chi connectivity index (χ3n) is 7.48. The van der Waals surface area contributed by atoms with Gasteiger partial charge in [0.15, 0.2) is 0 Å². The highest BCUT2D eigenvalue weighted by Gasteiger charge is 2.46. The van der Waals surface area contributed by atoms with E-state index in [1.807, 2.05) is 22.7 Å². The molecule has 1 aliphatic carbocycles. The molecule has 8 heteroatoms. The number of hydrogen-bond donors (Lipinski definition) is 0. The zero-order valence-corrected chi connectivity index (χ0v) is 21.4. The molecule has 2 atom stereocenters. The Bertz CT molecular complexity index is 1170. The quantitative estimate of drug-likeness (QED) is 0.402. The van der Waals surface area contributed by atoms with Gasteiger partial charge >= 0.3 is 0 Å². The van der Waals surface area contributed by atoms with Crippen LogP contribution >= 0.6 is 0 Å². The first-order valence-electron chi connectivity index (χ1n) is 12.3. The van der Waals surface area contributed by atoms with Gasteiger partial charge in [0.1, 0.15) is 23.1 Å². The lowest BCUT2D eigenvalue weighted by atomic mass is 10.0. The molecule has 2 aliphatic rings. The number of quaternary nitrogens is 1. The van der Waals surface area contributed by atoms with E-state index in [1.165, 1.54) is 12.8 Å². The number of likely N-dealkylation sites (N-methyl/N-ethyl adjacent to an activating group) is 1. The summed E-state index contributed by atoms with van der Waals surface area (Å²) in [6.07, 6.45) is 3.61. The van der Waals surface area contributed by atoms with E-state index in [1.54, 1.807) is 28.4 Å². The maximum atomic E-state index is 5.93. The SMILES string of the molecule is COCc1cc(OC)c(-c2cccc3c([N+](C)(CC4CC4)C4CCOC4)c(OC)nn23)c(OC)c1. The van der Waals surface area contributed by atoms with Crippen LogP contribution in [0.3, 0.4) is 0 Å². The number of nitrogens with zero attached hydrogens (tertiary/aromatic N) is 3. The molecular weight excluding hydrogens is 446 g/mol. The third-order valence-corrected chi connectivity index (χ3v) is 7.48. The largest absolute Gasteiger partial charge is 0.496 e. The molecule has 0 spiro atoms. The summed E-state index contributed by atoms with van der Waals surface area (Å²) in [5, 5.41) is 4.98. The molecule has 2 aromatic heterocycles. The number of rotatable bonds is 10. The maximum Gasteiger partial charge on any atom is 0.296 e. The predicted octanol–water partition coefficient (Wildman–Crippen LogP) is 4.31. The highest BCUT2D eigenvalue weighted by Crippen LogP contribution is 2.46. The lowest BCUT2D eigenvalue weighted by Crippen LogP contribution is -2.55. The number of pyridine rings is 1. The van der Waals surface area contributed by atoms with Crippen LogP contribution < -0.4 is 18.7 Å². The fourth-order valence-electron chi connectivity index (χ4n) is 5.54. The van der Waals surface area contributed by atoms with Crippen molar-refractivity contribution in [3.8, 4) is 28.6 Å². The zero-order chi connectivity index (χ0) is 24.6. The molecule has 1 saturated carbocycles. The minimum atomic E-state index is 0.374. The number of aromatic nitrogens is 2. The Labute approximate surface area is 206 Å². The Balaban J connectivity index is 1.73.